The Morgan fingerprint density at radius 2 is 2.07 bits per heavy atom. The van der Waals surface area contributed by atoms with Crippen LogP contribution in [0.15, 0.2) is 0 Å². The predicted molar refractivity (Wildman–Crippen MR) is 53.4 cm³/mol. The highest BCUT2D eigenvalue weighted by Gasteiger charge is 2.29. The Labute approximate surface area is 85.2 Å². The van der Waals surface area contributed by atoms with Gasteiger partial charge in [-0.1, -0.05) is 0 Å². The molecule has 1 aliphatic carbocycles. The van der Waals surface area contributed by atoms with Crippen LogP contribution in [0.5, 0.6) is 0 Å². The third kappa shape index (κ3) is 4.17. The van der Waals surface area contributed by atoms with Crippen LogP contribution in [0.3, 0.4) is 0 Å². The molecule has 14 heavy (non-hydrogen) atoms. The number of ketones is 1. The third-order valence-corrected chi connectivity index (χ3v) is 2.33. The first-order chi connectivity index (χ1) is 6.77. The van der Waals surface area contributed by atoms with Gasteiger partial charge in [-0.2, -0.15) is 0 Å². The van der Waals surface area contributed by atoms with E-state index in [1.54, 1.807) is 14.2 Å². The summed E-state index contributed by atoms with van der Waals surface area (Å²) >= 11 is 0. The Bertz CT molecular complexity index is 180. The van der Waals surface area contributed by atoms with Gasteiger partial charge in [-0.3, -0.25) is 9.69 Å². The van der Waals surface area contributed by atoms with Crippen molar-refractivity contribution in [2.24, 2.45) is 0 Å². The second-order valence-electron chi connectivity index (χ2n) is 3.67. The summed E-state index contributed by atoms with van der Waals surface area (Å²) in [5.41, 5.74) is 0. The molecular weight excluding hydrogens is 182 g/mol. The Morgan fingerprint density at radius 1 is 1.36 bits per heavy atom. The number of hydrogen-bond donors (Lipinski definition) is 0. The quantitative estimate of drug-likeness (QED) is 0.566. The fourth-order valence-corrected chi connectivity index (χ4v) is 1.47. The monoisotopic (exact) mass is 201 g/mol. The van der Waals surface area contributed by atoms with Gasteiger partial charge in [0.15, 0.2) is 5.78 Å². The molecule has 0 bridgehead atoms. The minimum atomic E-state index is 0.149. The van der Waals surface area contributed by atoms with E-state index in [0.29, 0.717) is 19.2 Å². The van der Waals surface area contributed by atoms with Crippen molar-refractivity contribution in [3.8, 4) is 0 Å². The maximum Gasteiger partial charge on any atom is 0.172 e. The molecule has 0 aliphatic heterocycles. The lowest BCUT2D eigenvalue weighted by Gasteiger charge is -2.20. The zero-order valence-electron chi connectivity index (χ0n) is 8.99. The van der Waals surface area contributed by atoms with E-state index in [4.69, 9.17) is 9.47 Å². The number of Topliss-reactive ketones (excluding diaryl/α,β-unsaturated/α-hetero) is 1. The molecule has 0 aromatic carbocycles. The van der Waals surface area contributed by atoms with Crippen LogP contribution in [0, 0.1) is 0 Å². The maximum atomic E-state index is 11.3. The topological polar surface area (TPSA) is 38.8 Å². The Kier molecular flexibility index (Phi) is 5.07. The van der Waals surface area contributed by atoms with Crippen LogP contribution in [0.1, 0.15) is 12.8 Å². The number of carbonyl (C=O) groups is 1. The second-order valence-corrected chi connectivity index (χ2v) is 3.67. The van der Waals surface area contributed by atoms with E-state index in [2.05, 4.69) is 4.90 Å². The Hall–Kier alpha value is -0.450. The first-order valence-corrected chi connectivity index (χ1v) is 5.01. The van der Waals surface area contributed by atoms with Crippen molar-refractivity contribution in [2.75, 3.05) is 40.5 Å². The van der Waals surface area contributed by atoms with Gasteiger partial charge in [0.1, 0.15) is 6.61 Å². The van der Waals surface area contributed by atoms with Gasteiger partial charge in [0, 0.05) is 26.8 Å². The van der Waals surface area contributed by atoms with Gasteiger partial charge < -0.3 is 9.47 Å². The van der Waals surface area contributed by atoms with E-state index in [1.807, 2.05) is 0 Å². The molecule has 0 amide bonds. The first kappa shape index (κ1) is 11.6. The molecule has 1 fully saturated rings. The highest BCUT2D eigenvalue weighted by atomic mass is 16.5. The van der Waals surface area contributed by atoms with Crippen molar-refractivity contribution in [1.29, 1.82) is 0 Å². The molecule has 82 valence electrons. The molecule has 0 aromatic rings. The highest BCUT2D eigenvalue weighted by Crippen LogP contribution is 2.26. The fraction of sp³-hybridized carbons (Fsp3) is 0.900. The molecule has 0 spiro atoms. The third-order valence-electron chi connectivity index (χ3n) is 2.33. The summed E-state index contributed by atoms with van der Waals surface area (Å²) < 4.78 is 9.81. The molecule has 0 aromatic heterocycles. The molecule has 4 heteroatoms. The average molecular weight is 201 g/mol. The lowest BCUT2D eigenvalue weighted by Crippen LogP contribution is -2.35. The Morgan fingerprint density at radius 3 is 2.57 bits per heavy atom. The molecule has 0 radical (unpaired) electrons. The summed E-state index contributed by atoms with van der Waals surface area (Å²) in [6.45, 7) is 2.26. The molecule has 0 heterocycles. The number of ether oxygens (including phenoxy) is 2. The number of carbonyl (C=O) groups excluding carboxylic acids is 1. The summed E-state index contributed by atoms with van der Waals surface area (Å²) in [7, 11) is 3.23. The van der Waals surface area contributed by atoms with E-state index < -0.39 is 0 Å². The van der Waals surface area contributed by atoms with E-state index in [9.17, 15) is 4.79 Å². The van der Waals surface area contributed by atoms with E-state index in [0.717, 1.165) is 6.54 Å². The van der Waals surface area contributed by atoms with Gasteiger partial charge in [-0.05, 0) is 12.8 Å². The first-order valence-electron chi connectivity index (χ1n) is 5.01. The number of nitrogens with zero attached hydrogens (tertiary/aromatic N) is 1. The minimum absolute atomic E-state index is 0.149. The smallest absolute Gasteiger partial charge is 0.172 e. The SMILES string of the molecule is COCCN(CC(=O)COC)C1CC1. The van der Waals surface area contributed by atoms with Crippen LogP contribution in [-0.4, -0.2) is 57.2 Å². The number of rotatable bonds is 8. The molecule has 1 saturated carbocycles. The summed E-state index contributed by atoms with van der Waals surface area (Å²) in [5, 5.41) is 0. The molecule has 0 saturated heterocycles. The van der Waals surface area contributed by atoms with Gasteiger partial charge in [-0.15, -0.1) is 0 Å². The largest absolute Gasteiger partial charge is 0.383 e. The van der Waals surface area contributed by atoms with Gasteiger partial charge in [0.25, 0.3) is 0 Å². The zero-order valence-corrected chi connectivity index (χ0v) is 8.99. The highest BCUT2D eigenvalue weighted by molar-refractivity contribution is 5.81. The number of methoxy groups -OCH3 is 2. The zero-order chi connectivity index (χ0) is 10.4. The molecule has 1 rings (SSSR count). The maximum absolute atomic E-state index is 11.3. The standard InChI is InChI=1S/C10H19NO3/c1-13-6-5-11(9-3-4-9)7-10(12)8-14-2/h9H,3-8H2,1-2H3. The average Bonchev–Trinajstić information content (AvgIpc) is 2.95. The van der Waals surface area contributed by atoms with Gasteiger partial charge in [0.05, 0.1) is 13.2 Å². The van der Waals surface area contributed by atoms with Crippen molar-refractivity contribution in [1.82, 2.24) is 4.90 Å². The number of hydrogen-bond acceptors (Lipinski definition) is 4. The van der Waals surface area contributed by atoms with Crippen LogP contribution in [0.25, 0.3) is 0 Å². The van der Waals surface area contributed by atoms with Crippen molar-refractivity contribution < 1.29 is 14.3 Å². The summed E-state index contributed by atoms with van der Waals surface area (Å²) in [5.74, 6) is 0.149. The van der Waals surface area contributed by atoms with Crippen molar-refractivity contribution in [2.45, 2.75) is 18.9 Å². The lowest BCUT2D eigenvalue weighted by molar-refractivity contribution is -0.124. The van der Waals surface area contributed by atoms with E-state index >= 15 is 0 Å². The van der Waals surface area contributed by atoms with Crippen LogP contribution < -0.4 is 0 Å². The second kappa shape index (κ2) is 6.11. The normalized spacial score (nSPS) is 16.2. The minimum Gasteiger partial charge on any atom is -0.383 e. The molecule has 4 nitrogen and oxygen atoms in total. The van der Waals surface area contributed by atoms with Crippen LogP contribution >= 0.6 is 0 Å². The van der Waals surface area contributed by atoms with Crippen LogP contribution in [-0.2, 0) is 14.3 Å². The molecule has 1 aliphatic rings. The van der Waals surface area contributed by atoms with Crippen molar-refractivity contribution in [3.05, 3.63) is 0 Å². The van der Waals surface area contributed by atoms with Gasteiger partial charge in [0.2, 0.25) is 0 Å². The van der Waals surface area contributed by atoms with Gasteiger partial charge >= 0.3 is 0 Å². The van der Waals surface area contributed by atoms with Gasteiger partial charge in [-0.25, -0.2) is 0 Å². The summed E-state index contributed by atoms with van der Waals surface area (Å²) in [6.07, 6.45) is 2.42. The Balaban J connectivity index is 2.23. The van der Waals surface area contributed by atoms with Crippen molar-refractivity contribution >= 4 is 5.78 Å². The van der Waals surface area contributed by atoms with E-state index in [-0.39, 0.29) is 12.4 Å². The summed E-state index contributed by atoms with van der Waals surface area (Å²) in [6, 6.07) is 0.603. The van der Waals surface area contributed by atoms with E-state index in [1.165, 1.54) is 12.8 Å². The molecule has 0 N–H and O–H groups in total. The molecule has 0 atom stereocenters. The predicted octanol–water partition coefficient (Wildman–Crippen LogP) is 0.313. The fourth-order valence-electron chi connectivity index (χ4n) is 1.47. The molecular formula is C10H19NO3. The van der Waals surface area contributed by atoms with Crippen LogP contribution in [0.4, 0.5) is 0 Å². The van der Waals surface area contributed by atoms with Crippen molar-refractivity contribution in [3.63, 3.8) is 0 Å². The van der Waals surface area contributed by atoms with Crippen LogP contribution in [0.2, 0.25) is 0 Å². The summed E-state index contributed by atoms with van der Waals surface area (Å²) in [4.78, 5) is 13.5. The lowest BCUT2D eigenvalue weighted by atomic mass is 10.3. The molecule has 0 unspecified atom stereocenters.